The number of nitriles is 1. The Balaban J connectivity index is 2.25. The van der Waals surface area contributed by atoms with Crippen molar-refractivity contribution < 1.29 is 0 Å². The van der Waals surface area contributed by atoms with Gasteiger partial charge in [-0.1, -0.05) is 40.0 Å². The summed E-state index contributed by atoms with van der Waals surface area (Å²) in [5, 5.41) is 12.3. The Morgan fingerprint density at radius 3 is 2.72 bits per heavy atom. The van der Waals surface area contributed by atoms with Crippen LogP contribution >= 0.6 is 11.3 Å². The minimum atomic E-state index is 0.366. The molecule has 0 saturated carbocycles. The molecular formula is C15H24N2S. The summed E-state index contributed by atoms with van der Waals surface area (Å²) in [6, 6.07) is 6.12. The minimum Gasteiger partial charge on any atom is -0.311 e. The largest absolute Gasteiger partial charge is 0.311 e. The number of unbranched alkanes of at least 4 members (excludes halogenated alkanes) is 2. The number of hydrogen-bond acceptors (Lipinski definition) is 3. The SMILES string of the molecule is CCCCCC(C)(C)CNCc1ccc(C#N)s1. The van der Waals surface area contributed by atoms with Crippen LogP contribution in [0, 0.1) is 16.7 Å². The van der Waals surface area contributed by atoms with Gasteiger partial charge < -0.3 is 5.32 Å². The summed E-state index contributed by atoms with van der Waals surface area (Å²) < 4.78 is 0. The molecular weight excluding hydrogens is 240 g/mol. The lowest BCUT2D eigenvalue weighted by Gasteiger charge is -2.24. The first-order valence-electron chi connectivity index (χ1n) is 6.77. The number of thiophene rings is 1. The van der Waals surface area contributed by atoms with Gasteiger partial charge in [0, 0.05) is 18.0 Å². The van der Waals surface area contributed by atoms with E-state index >= 15 is 0 Å². The zero-order chi connectivity index (χ0) is 13.4. The molecule has 100 valence electrons. The van der Waals surface area contributed by atoms with E-state index < -0.39 is 0 Å². The Bertz CT molecular complexity index is 387. The van der Waals surface area contributed by atoms with Crippen LogP contribution < -0.4 is 5.32 Å². The molecule has 1 N–H and O–H groups in total. The van der Waals surface area contributed by atoms with Gasteiger partial charge in [-0.25, -0.2) is 0 Å². The summed E-state index contributed by atoms with van der Waals surface area (Å²) in [6.07, 6.45) is 5.22. The van der Waals surface area contributed by atoms with Crippen LogP contribution in [0.15, 0.2) is 12.1 Å². The van der Waals surface area contributed by atoms with Crippen LogP contribution in [0.25, 0.3) is 0 Å². The molecule has 0 spiro atoms. The summed E-state index contributed by atoms with van der Waals surface area (Å²) in [5.41, 5.74) is 0.366. The Morgan fingerprint density at radius 2 is 2.11 bits per heavy atom. The number of rotatable bonds is 8. The van der Waals surface area contributed by atoms with Crippen LogP contribution in [0.1, 0.15) is 56.2 Å². The second-order valence-electron chi connectivity index (χ2n) is 5.60. The van der Waals surface area contributed by atoms with E-state index in [9.17, 15) is 0 Å². The van der Waals surface area contributed by atoms with Crippen molar-refractivity contribution in [3.8, 4) is 6.07 Å². The van der Waals surface area contributed by atoms with Crippen molar-refractivity contribution in [3.05, 3.63) is 21.9 Å². The van der Waals surface area contributed by atoms with Gasteiger partial charge in [0.25, 0.3) is 0 Å². The molecule has 2 nitrogen and oxygen atoms in total. The lowest BCUT2D eigenvalue weighted by atomic mass is 9.87. The molecule has 0 aliphatic rings. The molecule has 0 bridgehead atoms. The van der Waals surface area contributed by atoms with Gasteiger partial charge in [-0.15, -0.1) is 11.3 Å². The van der Waals surface area contributed by atoms with E-state index in [2.05, 4.69) is 32.2 Å². The van der Waals surface area contributed by atoms with Crippen LogP contribution in [0.5, 0.6) is 0 Å². The zero-order valence-electron chi connectivity index (χ0n) is 11.8. The molecule has 0 radical (unpaired) electrons. The van der Waals surface area contributed by atoms with Gasteiger partial charge in [-0.2, -0.15) is 5.26 Å². The summed E-state index contributed by atoms with van der Waals surface area (Å²) in [6.45, 7) is 8.81. The van der Waals surface area contributed by atoms with E-state index in [1.54, 1.807) is 11.3 Å². The van der Waals surface area contributed by atoms with E-state index in [0.29, 0.717) is 5.41 Å². The van der Waals surface area contributed by atoms with Gasteiger partial charge in [-0.05, 0) is 24.0 Å². The second kappa shape index (κ2) is 7.56. The molecule has 0 amide bonds. The molecule has 0 aliphatic heterocycles. The third-order valence-corrected chi connectivity index (χ3v) is 4.12. The van der Waals surface area contributed by atoms with Gasteiger partial charge in [0.2, 0.25) is 0 Å². The third-order valence-electron chi connectivity index (χ3n) is 3.13. The van der Waals surface area contributed by atoms with Crippen LogP contribution in [0.3, 0.4) is 0 Å². The smallest absolute Gasteiger partial charge is 0.110 e. The van der Waals surface area contributed by atoms with Gasteiger partial charge in [0.1, 0.15) is 10.9 Å². The maximum Gasteiger partial charge on any atom is 0.110 e. The van der Waals surface area contributed by atoms with E-state index in [1.165, 1.54) is 30.6 Å². The maximum atomic E-state index is 8.77. The normalized spacial score (nSPS) is 11.4. The van der Waals surface area contributed by atoms with Crippen molar-refractivity contribution in [1.29, 1.82) is 5.26 Å². The van der Waals surface area contributed by atoms with Crippen molar-refractivity contribution >= 4 is 11.3 Å². The standard InChI is InChI=1S/C15H24N2S/c1-4-5-6-9-15(2,3)12-17-11-14-8-7-13(10-16)18-14/h7-8,17H,4-6,9,11-12H2,1-3H3. The summed E-state index contributed by atoms with van der Waals surface area (Å²) in [4.78, 5) is 2.05. The Morgan fingerprint density at radius 1 is 1.33 bits per heavy atom. The fourth-order valence-corrected chi connectivity index (χ4v) is 2.77. The molecule has 1 aromatic rings. The van der Waals surface area contributed by atoms with Gasteiger partial charge >= 0.3 is 0 Å². The highest BCUT2D eigenvalue weighted by atomic mass is 32.1. The quantitative estimate of drug-likeness (QED) is 0.710. The number of hydrogen-bond donors (Lipinski definition) is 1. The monoisotopic (exact) mass is 264 g/mol. The third kappa shape index (κ3) is 5.66. The topological polar surface area (TPSA) is 35.8 Å². The average molecular weight is 264 g/mol. The van der Waals surface area contributed by atoms with Crippen molar-refractivity contribution in [2.75, 3.05) is 6.54 Å². The zero-order valence-corrected chi connectivity index (χ0v) is 12.6. The highest BCUT2D eigenvalue weighted by Gasteiger charge is 2.16. The first-order chi connectivity index (χ1) is 8.57. The van der Waals surface area contributed by atoms with Crippen LogP contribution in [-0.2, 0) is 6.54 Å². The van der Waals surface area contributed by atoms with E-state index in [4.69, 9.17) is 5.26 Å². The van der Waals surface area contributed by atoms with Crippen LogP contribution in [0.2, 0.25) is 0 Å². The minimum absolute atomic E-state index is 0.366. The molecule has 1 aromatic heterocycles. The van der Waals surface area contributed by atoms with E-state index in [-0.39, 0.29) is 0 Å². The molecule has 1 rings (SSSR count). The fourth-order valence-electron chi connectivity index (χ4n) is 2.00. The molecule has 0 unspecified atom stereocenters. The molecule has 18 heavy (non-hydrogen) atoms. The van der Waals surface area contributed by atoms with Crippen LogP contribution in [0.4, 0.5) is 0 Å². The Labute approximate surface area is 115 Å². The van der Waals surface area contributed by atoms with Crippen LogP contribution in [-0.4, -0.2) is 6.54 Å². The molecule has 0 atom stereocenters. The molecule has 0 aromatic carbocycles. The average Bonchev–Trinajstić information content (AvgIpc) is 2.77. The van der Waals surface area contributed by atoms with Gasteiger partial charge in [-0.3, -0.25) is 0 Å². The predicted octanol–water partition coefficient (Wildman–Crippen LogP) is 4.32. The number of nitrogens with one attached hydrogen (secondary N) is 1. The first kappa shape index (κ1) is 15.2. The highest BCUT2D eigenvalue weighted by molar-refractivity contribution is 7.12. The summed E-state index contributed by atoms with van der Waals surface area (Å²) in [5.74, 6) is 0. The van der Waals surface area contributed by atoms with Crippen molar-refractivity contribution in [3.63, 3.8) is 0 Å². The summed E-state index contributed by atoms with van der Waals surface area (Å²) in [7, 11) is 0. The summed E-state index contributed by atoms with van der Waals surface area (Å²) >= 11 is 1.58. The van der Waals surface area contributed by atoms with Crippen molar-refractivity contribution in [2.24, 2.45) is 5.41 Å². The van der Waals surface area contributed by atoms with Crippen molar-refractivity contribution in [2.45, 2.75) is 53.0 Å². The maximum absolute atomic E-state index is 8.77. The molecule has 1 heterocycles. The molecule has 0 saturated heterocycles. The van der Waals surface area contributed by atoms with Gasteiger partial charge in [0.15, 0.2) is 0 Å². The predicted molar refractivity (Wildman–Crippen MR) is 78.7 cm³/mol. The highest BCUT2D eigenvalue weighted by Crippen LogP contribution is 2.23. The second-order valence-corrected chi connectivity index (χ2v) is 6.77. The van der Waals surface area contributed by atoms with Crippen molar-refractivity contribution in [1.82, 2.24) is 5.32 Å². The number of nitrogens with zero attached hydrogens (tertiary/aromatic N) is 1. The van der Waals surface area contributed by atoms with E-state index in [0.717, 1.165) is 18.0 Å². The lowest BCUT2D eigenvalue weighted by Crippen LogP contribution is -2.28. The van der Waals surface area contributed by atoms with E-state index in [1.807, 2.05) is 12.1 Å². The molecule has 0 aliphatic carbocycles. The Kier molecular flexibility index (Phi) is 6.38. The van der Waals surface area contributed by atoms with Gasteiger partial charge in [0.05, 0.1) is 0 Å². The first-order valence-corrected chi connectivity index (χ1v) is 7.58. The molecule has 0 fully saturated rings. The fraction of sp³-hybridized carbons (Fsp3) is 0.667. The Hall–Kier alpha value is -0.850. The lowest BCUT2D eigenvalue weighted by molar-refractivity contribution is 0.302. The molecule has 3 heteroatoms.